The SMILES string of the molecule is CCn1cc([C@H]2CN(S(=O)(=O)c3ccc4c(c3)OCO4)CCO2)cn1. The Morgan fingerprint density at radius 2 is 2.12 bits per heavy atom. The van der Waals surface area contributed by atoms with Crippen molar-refractivity contribution >= 4 is 10.0 Å². The molecule has 25 heavy (non-hydrogen) atoms. The van der Waals surface area contributed by atoms with E-state index in [-0.39, 0.29) is 24.3 Å². The van der Waals surface area contributed by atoms with Crippen LogP contribution < -0.4 is 9.47 Å². The van der Waals surface area contributed by atoms with Gasteiger partial charge in [0, 0.05) is 37.5 Å². The van der Waals surface area contributed by atoms with Crippen molar-refractivity contribution in [2.75, 3.05) is 26.5 Å². The van der Waals surface area contributed by atoms with E-state index in [1.807, 2.05) is 13.1 Å². The third-order valence-electron chi connectivity index (χ3n) is 4.36. The summed E-state index contributed by atoms with van der Waals surface area (Å²) in [6.45, 7) is 3.77. The molecule has 0 saturated carbocycles. The van der Waals surface area contributed by atoms with Crippen molar-refractivity contribution in [3.63, 3.8) is 0 Å². The second-order valence-corrected chi connectivity index (χ2v) is 7.80. The topological polar surface area (TPSA) is 82.9 Å². The molecule has 0 radical (unpaired) electrons. The maximum absolute atomic E-state index is 13.0. The van der Waals surface area contributed by atoms with E-state index in [9.17, 15) is 8.42 Å². The number of rotatable bonds is 4. The van der Waals surface area contributed by atoms with Crippen molar-refractivity contribution in [1.29, 1.82) is 0 Å². The Bertz CT molecular complexity index is 880. The maximum atomic E-state index is 13.0. The summed E-state index contributed by atoms with van der Waals surface area (Å²) in [6.07, 6.45) is 3.30. The Morgan fingerprint density at radius 1 is 1.28 bits per heavy atom. The zero-order valence-electron chi connectivity index (χ0n) is 13.8. The highest BCUT2D eigenvalue weighted by Gasteiger charge is 2.33. The number of ether oxygens (including phenoxy) is 3. The molecule has 9 heteroatoms. The predicted molar refractivity (Wildman–Crippen MR) is 87.9 cm³/mol. The lowest BCUT2D eigenvalue weighted by molar-refractivity contribution is -0.00260. The molecule has 2 aliphatic rings. The summed E-state index contributed by atoms with van der Waals surface area (Å²) in [5.74, 6) is 1.01. The van der Waals surface area contributed by atoms with Gasteiger partial charge in [0.2, 0.25) is 16.8 Å². The summed E-state index contributed by atoms with van der Waals surface area (Å²) in [4.78, 5) is 0.196. The van der Waals surface area contributed by atoms with E-state index in [2.05, 4.69) is 5.10 Å². The molecule has 1 aromatic carbocycles. The Balaban J connectivity index is 1.57. The molecule has 1 fully saturated rings. The van der Waals surface area contributed by atoms with Gasteiger partial charge in [0.1, 0.15) is 0 Å². The number of sulfonamides is 1. The van der Waals surface area contributed by atoms with Crippen LogP contribution in [0.2, 0.25) is 0 Å². The molecule has 4 rings (SSSR count). The summed E-state index contributed by atoms with van der Waals surface area (Å²) in [7, 11) is -3.63. The Labute approximate surface area is 145 Å². The fourth-order valence-corrected chi connectivity index (χ4v) is 4.39. The zero-order chi connectivity index (χ0) is 17.4. The quantitative estimate of drug-likeness (QED) is 0.814. The molecular formula is C16H19N3O5S. The number of nitrogens with zero attached hydrogens (tertiary/aromatic N) is 3. The number of hydrogen-bond acceptors (Lipinski definition) is 6. The molecule has 0 bridgehead atoms. The number of fused-ring (bicyclic) bond motifs is 1. The molecule has 3 heterocycles. The number of aromatic nitrogens is 2. The van der Waals surface area contributed by atoms with Crippen molar-refractivity contribution in [2.45, 2.75) is 24.5 Å². The van der Waals surface area contributed by atoms with Gasteiger partial charge >= 0.3 is 0 Å². The average molecular weight is 365 g/mol. The Morgan fingerprint density at radius 3 is 2.92 bits per heavy atom. The van der Waals surface area contributed by atoms with Crippen LogP contribution in [0.3, 0.4) is 0 Å². The summed E-state index contributed by atoms with van der Waals surface area (Å²) in [6, 6.07) is 4.68. The normalized spacial score (nSPS) is 20.8. The average Bonchev–Trinajstić information content (AvgIpc) is 3.30. The predicted octanol–water partition coefficient (Wildman–Crippen LogP) is 1.39. The van der Waals surface area contributed by atoms with Gasteiger partial charge in [-0.1, -0.05) is 0 Å². The molecule has 2 aromatic rings. The lowest BCUT2D eigenvalue weighted by Crippen LogP contribution is -2.42. The first-order chi connectivity index (χ1) is 12.1. The zero-order valence-corrected chi connectivity index (χ0v) is 14.6. The fraction of sp³-hybridized carbons (Fsp3) is 0.438. The molecular weight excluding hydrogens is 346 g/mol. The highest BCUT2D eigenvalue weighted by atomic mass is 32.2. The minimum atomic E-state index is -3.63. The highest BCUT2D eigenvalue weighted by molar-refractivity contribution is 7.89. The van der Waals surface area contributed by atoms with Crippen LogP contribution in [0.1, 0.15) is 18.6 Å². The third kappa shape index (κ3) is 2.99. The lowest BCUT2D eigenvalue weighted by Gasteiger charge is -2.31. The number of benzene rings is 1. The highest BCUT2D eigenvalue weighted by Crippen LogP contribution is 2.35. The minimum Gasteiger partial charge on any atom is -0.454 e. The smallest absolute Gasteiger partial charge is 0.243 e. The van der Waals surface area contributed by atoms with E-state index in [1.165, 1.54) is 10.4 Å². The molecule has 0 unspecified atom stereocenters. The molecule has 1 aromatic heterocycles. The van der Waals surface area contributed by atoms with E-state index in [1.54, 1.807) is 23.0 Å². The summed E-state index contributed by atoms with van der Waals surface area (Å²) in [5, 5.41) is 4.23. The summed E-state index contributed by atoms with van der Waals surface area (Å²) < 4.78 is 45.5. The van der Waals surface area contributed by atoms with Gasteiger partial charge in [-0.05, 0) is 19.1 Å². The van der Waals surface area contributed by atoms with Crippen molar-refractivity contribution in [3.8, 4) is 11.5 Å². The number of aryl methyl sites for hydroxylation is 1. The molecule has 134 valence electrons. The molecule has 0 amide bonds. The second kappa shape index (κ2) is 6.32. The first-order valence-corrected chi connectivity index (χ1v) is 9.55. The monoisotopic (exact) mass is 365 g/mol. The molecule has 0 N–H and O–H groups in total. The molecule has 1 saturated heterocycles. The first kappa shape index (κ1) is 16.4. The van der Waals surface area contributed by atoms with Crippen LogP contribution in [0.15, 0.2) is 35.5 Å². The molecule has 0 aliphatic carbocycles. The van der Waals surface area contributed by atoms with Gasteiger partial charge in [-0.15, -0.1) is 0 Å². The molecule has 2 aliphatic heterocycles. The van der Waals surface area contributed by atoms with Crippen molar-refractivity contribution in [2.24, 2.45) is 0 Å². The largest absolute Gasteiger partial charge is 0.454 e. The van der Waals surface area contributed by atoms with Crippen LogP contribution in [0.4, 0.5) is 0 Å². The third-order valence-corrected chi connectivity index (χ3v) is 6.22. The minimum absolute atomic E-state index is 0.111. The number of morpholine rings is 1. The van der Waals surface area contributed by atoms with Gasteiger partial charge in [0.05, 0.1) is 23.8 Å². The van der Waals surface area contributed by atoms with Crippen molar-refractivity contribution in [3.05, 3.63) is 36.2 Å². The second-order valence-electron chi connectivity index (χ2n) is 5.87. The van der Waals surface area contributed by atoms with E-state index in [0.29, 0.717) is 24.7 Å². The van der Waals surface area contributed by atoms with Gasteiger partial charge in [-0.25, -0.2) is 8.42 Å². The van der Waals surface area contributed by atoms with Crippen LogP contribution in [0, 0.1) is 0 Å². The fourth-order valence-electron chi connectivity index (χ4n) is 2.95. The maximum Gasteiger partial charge on any atom is 0.243 e. The molecule has 1 atom stereocenters. The van der Waals surface area contributed by atoms with Crippen LogP contribution in [0.5, 0.6) is 11.5 Å². The molecule has 8 nitrogen and oxygen atoms in total. The van der Waals surface area contributed by atoms with Crippen molar-refractivity contribution in [1.82, 2.24) is 14.1 Å². The van der Waals surface area contributed by atoms with Crippen LogP contribution in [-0.4, -0.2) is 49.0 Å². The summed E-state index contributed by atoms with van der Waals surface area (Å²) in [5.41, 5.74) is 0.882. The van der Waals surface area contributed by atoms with Gasteiger partial charge in [-0.3, -0.25) is 4.68 Å². The molecule has 0 spiro atoms. The van der Waals surface area contributed by atoms with E-state index in [0.717, 1.165) is 12.1 Å². The van der Waals surface area contributed by atoms with Gasteiger partial charge in [-0.2, -0.15) is 9.40 Å². The Hall–Kier alpha value is -2.10. The first-order valence-electron chi connectivity index (χ1n) is 8.11. The van der Waals surface area contributed by atoms with Gasteiger partial charge < -0.3 is 14.2 Å². The van der Waals surface area contributed by atoms with Gasteiger partial charge in [0.25, 0.3) is 0 Å². The van der Waals surface area contributed by atoms with E-state index < -0.39 is 10.0 Å². The lowest BCUT2D eigenvalue weighted by atomic mass is 10.2. The van der Waals surface area contributed by atoms with Crippen LogP contribution >= 0.6 is 0 Å². The van der Waals surface area contributed by atoms with E-state index in [4.69, 9.17) is 14.2 Å². The van der Waals surface area contributed by atoms with Crippen LogP contribution in [0.25, 0.3) is 0 Å². The number of hydrogen-bond donors (Lipinski definition) is 0. The summed E-state index contributed by atoms with van der Waals surface area (Å²) >= 11 is 0. The standard InChI is InChI=1S/C16H19N3O5S/c1-2-18-9-12(8-17-18)16-10-19(5-6-22-16)25(20,21)13-3-4-14-15(7-13)24-11-23-14/h3-4,7-9,16H,2,5-6,10-11H2,1H3/t16-/m1/s1. The van der Waals surface area contributed by atoms with E-state index >= 15 is 0 Å². The Kier molecular flexibility index (Phi) is 4.14. The van der Waals surface area contributed by atoms with Crippen LogP contribution in [-0.2, 0) is 21.3 Å². The van der Waals surface area contributed by atoms with Gasteiger partial charge in [0.15, 0.2) is 11.5 Å². The van der Waals surface area contributed by atoms with Crippen molar-refractivity contribution < 1.29 is 22.6 Å².